The Balaban J connectivity index is 0.00000121. The number of aromatic nitrogens is 1. The predicted molar refractivity (Wildman–Crippen MR) is 35.7 cm³/mol. The third-order valence-electron chi connectivity index (χ3n) is 1.03. The molecule has 1 aromatic rings. The molecule has 0 amide bonds. The number of hydrogen-bond acceptors (Lipinski definition) is 4. The fourth-order valence-electron chi connectivity index (χ4n) is 0.588. The fourth-order valence-corrected chi connectivity index (χ4v) is 0.588. The third-order valence-corrected chi connectivity index (χ3v) is 1.03. The summed E-state index contributed by atoms with van der Waals surface area (Å²) < 4.78 is 4.05. The minimum absolute atomic E-state index is 0. The first-order valence-electron chi connectivity index (χ1n) is 2.90. The molecule has 62 valence electrons. The fraction of sp³-hybridized carbons (Fsp3) is 0. The van der Waals surface area contributed by atoms with Crippen LogP contribution in [0.1, 0.15) is 10.5 Å². The van der Waals surface area contributed by atoms with E-state index in [0.29, 0.717) is 0 Å². The molecule has 0 aromatic carbocycles. The van der Waals surface area contributed by atoms with Gasteiger partial charge in [0.1, 0.15) is 5.69 Å². The van der Waals surface area contributed by atoms with Crippen LogP contribution in [-0.2, 0) is 26.9 Å². The minimum atomic E-state index is -0.736. The maximum atomic E-state index is 10.7. The second-order valence-corrected chi connectivity index (χ2v) is 1.72. The van der Waals surface area contributed by atoms with Crippen molar-refractivity contribution in [2.75, 3.05) is 0 Å². The maximum absolute atomic E-state index is 10.7. The van der Waals surface area contributed by atoms with Crippen molar-refractivity contribution in [2.45, 2.75) is 0 Å². The van der Waals surface area contributed by atoms with Gasteiger partial charge in [-0.15, -0.1) is 0 Å². The van der Waals surface area contributed by atoms with Crippen LogP contribution in [-0.4, -0.2) is 17.4 Å². The van der Waals surface area contributed by atoms with Crippen LogP contribution in [0.4, 0.5) is 0 Å². The van der Waals surface area contributed by atoms with Gasteiger partial charge in [0, 0.05) is 23.6 Å². The number of esters is 1. The first kappa shape index (κ1) is 10.8. The summed E-state index contributed by atoms with van der Waals surface area (Å²) in [5.41, 5.74) is 0.125. The summed E-state index contributed by atoms with van der Waals surface area (Å²) in [6.45, 7) is 0.0804. The first-order valence-corrected chi connectivity index (χ1v) is 2.90. The van der Waals surface area contributed by atoms with Crippen molar-refractivity contribution in [3.63, 3.8) is 0 Å². The van der Waals surface area contributed by atoms with Crippen LogP contribution in [0, 0.1) is 0 Å². The molecule has 0 bridgehead atoms. The number of rotatable bonds is 2. The van der Waals surface area contributed by atoms with Gasteiger partial charge in [-0.25, -0.2) is 9.78 Å². The Hall–Kier alpha value is -1.18. The van der Waals surface area contributed by atoms with Gasteiger partial charge in [0.15, 0.2) is 0 Å². The molecule has 1 aromatic heterocycles. The molecular formula is C7H5CrNO3. The van der Waals surface area contributed by atoms with Gasteiger partial charge in [0.2, 0.25) is 0 Å². The number of carbonyl (C=O) groups excluding carboxylic acids is 2. The number of pyridine rings is 1. The second-order valence-electron chi connectivity index (χ2n) is 1.72. The Bertz CT molecular complexity index is 263. The average molecular weight is 203 g/mol. The molecule has 1 rings (SSSR count). The van der Waals surface area contributed by atoms with Gasteiger partial charge < -0.3 is 4.74 Å². The first-order chi connectivity index (χ1) is 5.34. The Kier molecular flexibility index (Phi) is 4.93. The van der Waals surface area contributed by atoms with Crippen LogP contribution < -0.4 is 0 Å². The van der Waals surface area contributed by atoms with Crippen molar-refractivity contribution in [1.29, 1.82) is 0 Å². The molecule has 0 aliphatic carbocycles. The molecule has 5 heteroatoms. The molecule has 0 atom stereocenters. The summed E-state index contributed by atoms with van der Waals surface area (Å²) in [6.07, 6.45) is 1.45. The standard InChI is InChI=1S/C7H5NO3.Cr/c9-5-11-7(10)6-3-1-2-4-8-6;/h1-5H;. The zero-order valence-corrected chi connectivity index (χ0v) is 7.24. The summed E-state index contributed by atoms with van der Waals surface area (Å²) >= 11 is 0. The van der Waals surface area contributed by atoms with E-state index in [1.165, 1.54) is 12.3 Å². The van der Waals surface area contributed by atoms with Crippen molar-refractivity contribution in [3.8, 4) is 0 Å². The van der Waals surface area contributed by atoms with Gasteiger partial charge >= 0.3 is 12.4 Å². The predicted octanol–water partition coefficient (Wildman–Crippen LogP) is 0.392. The van der Waals surface area contributed by atoms with Crippen molar-refractivity contribution >= 4 is 12.4 Å². The van der Waals surface area contributed by atoms with Gasteiger partial charge in [-0.05, 0) is 12.1 Å². The van der Waals surface area contributed by atoms with Gasteiger partial charge in [-0.2, -0.15) is 0 Å². The molecule has 0 unspecified atom stereocenters. The topological polar surface area (TPSA) is 56.3 Å². The average Bonchev–Trinajstić information content (AvgIpc) is 2.07. The Morgan fingerprint density at radius 3 is 2.75 bits per heavy atom. The maximum Gasteiger partial charge on any atom is 0.364 e. The molecule has 0 N–H and O–H groups in total. The van der Waals surface area contributed by atoms with Crippen molar-refractivity contribution in [3.05, 3.63) is 30.1 Å². The molecule has 0 aliphatic rings. The van der Waals surface area contributed by atoms with Crippen LogP contribution in [0.3, 0.4) is 0 Å². The van der Waals surface area contributed by atoms with E-state index in [4.69, 9.17) is 0 Å². The molecule has 0 fully saturated rings. The molecule has 4 nitrogen and oxygen atoms in total. The zero-order valence-electron chi connectivity index (χ0n) is 5.97. The van der Waals surface area contributed by atoms with Crippen LogP contribution in [0.5, 0.6) is 0 Å². The minimum Gasteiger partial charge on any atom is -0.391 e. The number of nitrogens with zero attached hydrogens (tertiary/aromatic N) is 1. The zero-order chi connectivity index (χ0) is 8.10. The summed E-state index contributed by atoms with van der Waals surface area (Å²) in [7, 11) is 0. The molecule has 0 radical (unpaired) electrons. The monoisotopic (exact) mass is 203 g/mol. The summed E-state index contributed by atoms with van der Waals surface area (Å²) in [5, 5.41) is 0. The quantitative estimate of drug-likeness (QED) is 0.396. The molecule has 0 spiro atoms. The Morgan fingerprint density at radius 2 is 2.25 bits per heavy atom. The SMILES string of the molecule is O=COC(=O)c1ccccn1.[Cr]. The molecule has 12 heavy (non-hydrogen) atoms. The van der Waals surface area contributed by atoms with E-state index in [1.54, 1.807) is 12.1 Å². The normalized spacial score (nSPS) is 8.00. The van der Waals surface area contributed by atoms with Gasteiger partial charge in [-0.1, -0.05) is 6.07 Å². The van der Waals surface area contributed by atoms with Crippen LogP contribution in [0.2, 0.25) is 0 Å². The molecule has 0 aliphatic heterocycles. The van der Waals surface area contributed by atoms with E-state index in [9.17, 15) is 9.59 Å². The second kappa shape index (κ2) is 5.47. The van der Waals surface area contributed by atoms with Crippen LogP contribution in [0.25, 0.3) is 0 Å². The summed E-state index contributed by atoms with van der Waals surface area (Å²) in [6, 6.07) is 4.76. The van der Waals surface area contributed by atoms with Gasteiger partial charge in [-0.3, -0.25) is 4.79 Å². The largest absolute Gasteiger partial charge is 0.391 e. The van der Waals surface area contributed by atoms with E-state index < -0.39 is 5.97 Å². The molecule has 0 saturated carbocycles. The smallest absolute Gasteiger partial charge is 0.364 e. The molecule has 0 saturated heterocycles. The van der Waals surface area contributed by atoms with E-state index in [2.05, 4.69) is 9.72 Å². The van der Waals surface area contributed by atoms with Gasteiger partial charge in [0.05, 0.1) is 0 Å². The van der Waals surface area contributed by atoms with Crippen molar-refractivity contribution < 1.29 is 31.7 Å². The third kappa shape index (κ3) is 2.83. The van der Waals surface area contributed by atoms with E-state index in [-0.39, 0.29) is 29.5 Å². The van der Waals surface area contributed by atoms with E-state index in [0.717, 1.165) is 0 Å². The number of hydrogen-bond donors (Lipinski definition) is 0. The Labute approximate surface area is 79.7 Å². The van der Waals surface area contributed by atoms with Crippen molar-refractivity contribution in [1.82, 2.24) is 4.98 Å². The van der Waals surface area contributed by atoms with Crippen LogP contribution >= 0.6 is 0 Å². The van der Waals surface area contributed by atoms with Crippen molar-refractivity contribution in [2.24, 2.45) is 0 Å². The summed E-state index contributed by atoms with van der Waals surface area (Å²) in [4.78, 5) is 24.1. The molecular weight excluding hydrogens is 198 g/mol. The van der Waals surface area contributed by atoms with E-state index in [1.807, 2.05) is 0 Å². The molecule has 1 heterocycles. The van der Waals surface area contributed by atoms with Crippen LogP contribution in [0.15, 0.2) is 24.4 Å². The number of ether oxygens (including phenoxy) is 1. The summed E-state index contributed by atoms with van der Waals surface area (Å²) in [5.74, 6) is -0.736. The van der Waals surface area contributed by atoms with Gasteiger partial charge in [0.25, 0.3) is 0 Å². The number of carbonyl (C=O) groups is 2. The Morgan fingerprint density at radius 1 is 1.50 bits per heavy atom. The van der Waals surface area contributed by atoms with E-state index >= 15 is 0 Å².